The van der Waals surface area contributed by atoms with E-state index in [0.29, 0.717) is 12.0 Å². The van der Waals surface area contributed by atoms with Crippen LogP contribution in [-0.2, 0) is 4.74 Å². The van der Waals surface area contributed by atoms with Crippen LogP contribution in [0.15, 0.2) is 48.8 Å². The normalized spacial score (nSPS) is 23.9. The molecule has 168 valence electrons. The Balaban J connectivity index is 1.22. The predicted molar refractivity (Wildman–Crippen MR) is 124 cm³/mol. The van der Waals surface area contributed by atoms with E-state index in [-0.39, 0.29) is 0 Å². The highest BCUT2D eigenvalue weighted by atomic mass is 16.5. The van der Waals surface area contributed by atoms with Gasteiger partial charge in [0.1, 0.15) is 11.4 Å². The van der Waals surface area contributed by atoms with Crippen LogP contribution in [0.2, 0.25) is 0 Å². The zero-order chi connectivity index (χ0) is 21.3. The van der Waals surface area contributed by atoms with Gasteiger partial charge in [-0.05, 0) is 61.2 Å². The average Bonchev–Trinajstić information content (AvgIpc) is 3.49. The minimum atomic E-state index is 0.340. The molecule has 2 atom stereocenters. The molecular formula is C26H32N4O2. The number of aromatic nitrogens is 2. The van der Waals surface area contributed by atoms with E-state index in [9.17, 15) is 0 Å². The van der Waals surface area contributed by atoms with Gasteiger partial charge in [-0.25, -0.2) is 4.98 Å². The number of nitrogens with zero attached hydrogens (tertiary/aromatic N) is 4. The predicted octanol–water partition coefficient (Wildman–Crippen LogP) is 3.72. The second kappa shape index (κ2) is 8.85. The van der Waals surface area contributed by atoms with Crippen molar-refractivity contribution in [2.45, 2.75) is 31.2 Å². The average molecular weight is 433 g/mol. The molecule has 3 aliphatic rings. The maximum atomic E-state index is 6.21. The van der Waals surface area contributed by atoms with Crippen molar-refractivity contribution in [2.75, 3.05) is 52.5 Å². The molecule has 2 fully saturated rings. The van der Waals surface area contributed by atoms with E-state index in [1.165, 1.54) is 36.2 Å². The molecule has 0 aliphatic carbocycles. The first-order valence-electron chi connectivity index (χ1n) is 12.1. The summed E-state index contributed by atoms with van der Waals surface area (Å²) in [6.07, 6.45) is 7.77. The van der Waals surface area contributed by atoms with Crippen molar-refractivity contribution >= 4 is 5.65 Å². The first kappa shape index (κ1) is 20.2. The fourth-order valence-electron chi connectivity index (χ4n) is 5.74. The maximum absolute atomic E-state index is 6.21. The minimum Gasteiger partial charge on any atom is -0.494 e. The summed E-state index contributed by atoms with van der Waals surface area (Å²) in [5.74, 6) is 1.35. The third-order valence-corrected chi connectivity index (χ3v) is 7.37. The molecule has 6 heteroatoms. The lowest BCUT2D eigenvalue weighted by Crippen LogP contribution is -2.37. The van der Waals surface area contributed by atoms with Crippen molar-refractivity contribution in [1.82, 2.24) is 19.2 Å². The first-order valence-corrected chi connectivity index (χ1v) is 12.1. The fraction of sp³-hybridized carbons (Fsp3) is 0.500. The molecule has 0 radical (unpaired) electrons. The van der Waals surface area contributed by atoms with E-state index in [0.717, 1.165) is 63.8 Å². The van der Waals surface area contributed by atoms with E-state index >= 15 is 0 Å². The third-order valence-electron chi connectivity index (χ3n) is 7.37. The molecule has 1 aromatic carbocycles. The van der Waals surface area contributed by atoms with Crippen molar-refractivity contribution in [3.8, 4) is 5.75 Å². The van der Waals surface area contributed by atoms with Crippen LogP contribution < -0.4 is 4.74 Å². The van der Waals surface area contributed by atoms with Crippen molar-refractivity contribution in [3.05, 3.63) is 65.6 Å². The van der Waals surface area contributed by atoms with Gasteiger partial charge < -0.3 is 13.9 Å². The van der Waals surface area contributed by atoms with Gasteiger partial charge >= 0.3 is 0 Å². The number of imidazole rings is 1. The Hall–Kier alpha value is -2.41. The molecular weight excluding hydrogens is 400 g/mol. The molecule has 0 unspecified atom stereocenters. The van der Waals surface area contributed by atoms with Gasteiger partial charge in [-0.15, -0.1) is 0 Å². The van der Waals surface area contributed by atoms with E-state index in [4.69, 9.17) is 9.47 Å². The molecule has 3 aliphatic heterocycles. The monoisotopic (exact) mass is 432 g/mol. The van der Waals surface area contributed by atoms with Gasteiger partial charge in [0.05, 0.1) is 25.5 Å². The van der Waals surface area contributed by atoms with Crippen LogP contribution in [0, 0.1) is 0 Å². The summed E-state index contributed by atoms with van der Waals surface area (Å²) >= 11 is 0. The topological polar surface area (TPSA) is 42.2 Å². The summed E-state index contributed by atoms with van der Waals surface area (Å²) in [5.41, 5.74) is 5.20. The van der Waals surface area contributed by atoms with Crippen molar-refractivity contribution < 1.29 is 9.47 Å². The lowest BCUT2D eigenvalue weighted by Gasteiger charge is -2.37. The zero-order valence-electron chi connectivity index (χ0n) is 18.7. The van der Waals surface area contributed by atoms with E-state index in [1.807, 2.05) is 0 Å². The molecule has 0 bridgehead atoms. The number of pyridine rings is 1. The second-order valence-corrected chi connectivity index (χ2v) is 9.26. The Morgan fingerprint density at radius 2 is 2.00 bits per heavy atom. The van der Waals surface area contributed by atoms with Gasteiger partial charge in [-0.3, -0.25) is 9.80 Å². The second-order valence-electron chi connectivity index (χ2n) is 9.26. The number of benzene rings is 1. The Bertz CT molecular complexity index is 1070. The van der Waals surface area contributed by atoms with Crippen LogP contribution >= 0.6 is 0 Å². The molecule has 0 N–H and O–H groups in total. The minimum absolute atomic E-state index is 0.340. The molecule has 32 heavy (non-hydrogen) atoms. The van der Waals surface area contributed by atoms with E-state index in [1.54, 1.807) is 0 Å². The van der Waals surface area contributed by atoms with Gasteiger partial charge in [-0.1, -0.05) is 12.1 Å². The maximum Gasteiger partial charge on any atom is 0.136 e. The van der Waals surface area contributed by atoms with Gasteiger partial charge in [0.25, 0.3) is 0 Å². The Morgan fingerprint density at radius 3 is 2.94 bits per heavy atom. The highest BCUT2D eigenvalue weighted by molar-refractivity contribution is 5.48. The molecule has 0 amide bonds. The van der Waals surface area contributed by atoms with Gasteiger partial charge in [-0.2, -0.15) is 0 Å². The summed E-state index contributed by atoms with van der Waals surface area (Å²) in [7, 11) is 0. The highest BCUT2D eigenvalue weighted by Crippen LogP contribution is 2.45. The molecule has 2 aromatic heterocycles. The number of rotatable bonds is 6. The Morgan fingerprint density at radius 1 is 1.06 bits per heavy atom. The van der Waals surface area contributed by atoms with Crippen LogP contribution in [0.25, 0.3) is 5.65 Å². The quantitative estimate of drug-likeness (QED) is 0.556. The molecule has 6 rings (SSSR count). The van der Waals surface area contributed by atoms with Gasteiger partial charge in [0, 0.05) is 50.5 Å². The fourth-order valence-corrected chi connectivity index (χ4v) is 5.74. The van der Waals surface area contributed by atoms with Crippen LogP contribution in [0.5, 0.6) is 5.75 Å². The smallest absolute Gasteiger partial charge is 0.136 e. The summed E-state index contributed by atoms with van der Waals surface area (Å²) in [6.45, 7) is 7.90. The largest absolute Gasteiger partial charge is 0.494 e. The third kappa shape index (κ3) is 3.81. The number of hydrogen-bond donors (Lipinski definition) is 0. The summed E-state index contributed by atoms with van der Waals surface area (Å²) in [5, 5.41) is 0. The van der Waals surface area contributed by atoms with Crippen molar-refractivity contribution in [3.63, 3.8) is 0 Å². The number of hydrogen-bond acceptors (Lipinski definition) is 5. The van der Waals surface area contributed by atoms with Gasteiger partial charge in [0.15, 0.2) is 0 Å². The van der Waals surface area contributed by atoms with Crippen molar-refractivity contribution in [2.24, 2.45) is 0 Å². The van der Waals surface area contributed by atoms with E-state index in [2.05, 4.69) is 68.0 Å². The van der Waals surface area contributed by atoms with Crippen molar-refractivity contribution in [1.29, 1.82) is 0 Å². The Labute approximate surface area is 189 Å². The van der Waals surface area contributed by atoms with Crippen LogP contribution in [0.1, 0.15) is 48.0 Å². The summed E-state index contributed by atoms with van der Waals surface area (Å²) < 4.78 is 13.9. The number of fused-ring (bicyclic) bond motifs is 4. The van der Waals surface area contributed by atoms with Crippen LogP contribution in [-0.4, -0.2) is 71.7 Å². The Kier molecular flexibility index (Phi) is 5.59. The molecule has 0 saturated carbocycles. The van der Waals surface area contributed by atoms with Crippen LogP contribution in [0.4, 0.5) is 0 Å². The molecule has 5 heterocycles. The summed E-state index contributed by atoms with van der Waals surface area (Å²) in [4.78, 5) is 9.80. The van der Waals surface area contributed by atoms with Gasteiger partial charge in [0.2, 0.25) is 0 Å². The number of ether oxygens (including phenoxy) is 2. The standard InChI is InChI=1S/C26H32N4O2/c1-2-11-30-25(18-27-26(30)6-1)23-19-29-10-3-5-24(29)22-17-20(7-8-21(22)23)32-14-4-9-28-12-15-31-16-13-28/h1-2,6-8,11,17-18,23-24H,3-5,9-10,12-16,19H2/t23-,24-/m1/s1. The number of morpholine rings is 1. The highest BCUT2D eigenvalue weighted by Gasteiger charge is 2.37. The lowest BCUT2D eigenvalue weighted by atomic mass is 9.83. The SMILES string of the molecule is c1ccn2c([C@@H]3CN4CCC[C@@H]4c4cc(OCCCN5CCOCC5)ccc43)cnc2c1. The zero-order valence-corrected chi connectivity index (χ0v) is 18.7. The lowest BCUT2D eigenvalue weighted by molar-refractivity contribution is 0.0358. The van der Waals surface area contributed by atoms with Crippen LogP contribution in [0.3, 0.4) is 0 Å². The van der Waals surface area contributed by atoms with E-state index < -0.39 is 0 Å². The molecule has 3 aromatic rings. The molecule has 2 saturated heterocycles. The molecule has 6 nitrogen and oxygen atoms in total. The first-order chi connectivity index (χ1) is 15.9. The summed E-state index contributed by atoms with van der Waals surface area (Å²) in [6, 6.07) is 13.6. The molecule has 0 spiro atoms.